The van der Waals surface area contributed by atoms with Crippen LogP contribution in [0.4, 0.5) is 9.59 Å². The summed E-state index contributed by atoms with van der Waals surface area (Å²) in [6.45, 7) is 10.9. The van der Waals surface area contributed by atoms with Crippen molar-refractivity contribution in [1.82, 2.24) is 31.0 Å². The molecule has 2 heterocycles. The zero-order valence-corrected chi connectivity index (χ0v) is 25.5. The van der Waals surface area contributed by atoms with Crippen molar-refractivity contribution in [3.05, 3.63) is 40.7 Å². The van der Waals surface area contributed by atoms with Crippen LogP contribution in [0.25, 0.3) is 0 Å². The van der Waals surface area contributed by atoms with E-state index in [9.17, 15) is 19.2 Å². The number of thioether (sulfide) groups is 1. The van der Waals surface area contributed by atoms with Gasteiger partial charge in [0.1, 0.15) is 18.1 Å². The molecule has 3 N–H and O–H groups in total. The van der Waals surface area contributed by atoms with Gasteiger partial charge < -0.3 is 10.1 Å². The van der Waals surface area contributed by atoms with Gasteiger partial charge in [-0.15, -0.1) is 0 Å². The number of alkyl carbamates (subject to hydrolysis) is 1. The van der Waals surface area contributed by atoms with Crippen LogP contribution < -0.4 is 16.2 Å². The summed E-state index contributed by atoms with van der Waals surface area (Å²) in [5.74, 6) is -0.139. The van der Waals surface area contributed by atoms with E-state index in [1.807, 2.05) is 26.0 Å². The minimum atomic E-state index is -0.944. The number of hydrogen-bond acceptors (Lipinski definition) is 8. The summed E-state index contributed by atoms with van der Waals surface area (Å²) in [5.41, 5.74) is 6.44. The second-order valence-electron chi connectivity index (χ2n) is 11.4. The van der Waals surface area contributed by atoms with E-state index in [1.54, 1.807) is 11.6 Å². The quantitative estimate of drug-likeness (QED) is 0.217. The van der Waals surface area contributed by atoms with Crippen LogP contribution >= 0.6 is 11.8 Å². The largest absolute Gasteiger partial charge is 0.443 e. The number of pyridine rings is 1. The normalized spacial score (nSPS) is 17.4. The number of urea groups is 1. The molecule has 0 saturated heterocycles. The minimum absolute atomic E-state index is 0.0324. The Morgan fingerprint density at radius 1 is 1.17 bits per heavy atom. The zero-order chi connectivity index (χ0) is 29.9. The van der Waals surface area contributed by atoms with Crippen molar-refractivity contribution in [3.8, 4) is 0 Å². The number of rotatable bonds is 14. The highest BCUT2D eigenvalue weighted by Gasteiger charge is 2.42. The van der Waals surface area contributed by atoms with Gasteiger partial charge in [-0.25, -0.2) is 15.0 Å². The van der Waals surface area contributed by atoms with Gasteiger partial charge in [-0.1, -0.05) is 58.9 Å². The Hall–Kier alpha value is -3.12. The first-order chi connectivity index (χ1) is 19.6. The standard InChI is InChI=1S/C29H44N6O5S/c1-6-7-8-21-9-10-22(30-14-21)17-40-28(39)31-25(13-19(2)3)26(37)32-33-27(38)35-24(16-36)18-41-29(35)34(15-20(4)5)23-11-12-23/h9-10,14,16,18-20,23,25,29H,6-8,11-13,15,17H2,1-5H3,(H,31,39)(H,32,37)(H,33,38)/t25-,29?/m0/s1. The molecule has 1 saturated carbocycles. The number of allylic oxidation sites excluding steroid dienone is 1. The van der Waals surface area contributed by atoms with E-state index in [1.165, 1.54) is 16.7 Å². The third-order valence-electron chi connectivity index (χ3n) is 6.69. The summed E-state index contributed by atoms with van der Waals surface area (Å²) >= 11 is 1.40. The number of aryl methyl sites for hydroxylation is 1. The van der Waals surface area contributed by atoms with Crippen LogP contribution in [0.5, 0.6) is 0 Å². The first-order valence-corrected chi connectivity index (χ1v) is 15.4. The first kappa shape index (κ1) is 32.4. The molecule has 1 unspecified atom stereocenters. The Labute approximate surface area is 247 Å². The van der Waals surface area contributed by atoms with Gasteiger partial charge in [0.15, 0.2) is 6.29 Å². The summed E-state index contributed by atoms with van der Waals surface area (Å²) in [5, 5.41) is 4.27. The lowest BCUT2D eigenvalue weighted by Gasteiger charge is -2.36. The smallest absolute Gasteiger partial charge is 0.408 e. The van der Waals surface area contributed by atoms with Gasteiger partial charge in [-0.2, -0.15) is 0 Å². The summed E-state index contributed by atoms with van der Waals surface area (Å²) < 4.78 is 5.30. The predicted octanol–water partition coefficient (Wildman–Crippen LogP) is 4.30. The number of ether oxygens (including phenoxy) is 1. The molecule has 0 radical (unpaired) electrons. The molecule has 4 amide bonds. The highest BCUT2D eigenvalue weighted by molar-refractivity contribution is 8.02. The summed E-state index contributed by atoms with van der Waals surface area (Å²) in [6, 6.07) is 2.59. The molecule has 226 valence electrons. The van der Waals surface area contributed by atoms with Gasteiger partial charge in [-0.3, -0.25) is 29.8 Å². The Kier molecular flexibility index (Phi) is 12.5. The summed E-state index contributed by atoms with van der Waals surface area (Å²) in [7, 11) is 0. The molecule has 0 spiro atoms. The van der Waals surface area contributed by atoms with E-state index in [0.29, 0.717) is 30.4 Å². The fourth-order valence-electron chi connectivity index (χ4n) is 4.51. The molecule has 1 fully saturated rings. The van der Waals surface area contributed by atoms with Crippen molar-refractivity contribution in [2.75, 3.05) is 6.54 Å². The Morgan fingerprint density at radius 3 is 2.51 bits per heavy atom. The zero-order valence-electron chi connectivity index (χ0n) is 24.7. The lowest BCUT2D eigenvalue weighted by molar-refractivity contribution is -0.124. The van der Waals surface area contributed by atoms with Crippen molar-refractivity contribution >= 4 is 36.1 Å². The molecule has 41 heavy (non-hydrogen) atoms. The number of nitrogens with zero attached hydrogens (tertiary/aromatic N) is 3. The Bertz CT molecular complexity index is 1080. The van der Waals surface area contributed by atoms with Crippen LogP contribution in [0.3, 0.4) is 0 Å². The number of amides is 4. The van der Waals surface area contributed by atoms with Crippen LogP contribution in [0.2, 0.25) is 0 Å². The first-order valence-electron chi connectivity index (χ1n) is 14.5. The van der Waals surface area contributed by atoms with Crippen LogP contribution in [0.1, 0.15) is 78.0 Å². The van der Waals surface area contributed by atoms with Crippen molar-refractivity contribution < 1.29 is 23.9 Å². The SMILES string of the molecule is CCCCc1ccc(COC(=O)N[C@@H](CC(C)C)C(=O)NNC(=O)N2C(C=O)=CSC2N(CC(C)C)C2CC2)nc1. The molecule has 1 aliphatic heterocycles. The monoisotopic (exact) mass is 588 g/mol. The molecule has 0 bridgehead atoms. The van der Waals surface area contributed by atoms with E-state index >= 15 is 0 Å². The molecule has 2 aliphatic rings. The molecular formula is C29H44N6O5S. The van der Waals surface area contributed by atoms with Gasteiger partial charge in [-0.05, 0) is 55.6 Å². The number of aldehydes is 1. The highest BCUT2D eigenvalue weighted by Crippen LogP contribution is 2.39. The maximum Gasteiger partial charge on any atom is 0.408 e. The molecule has 12 heteroatoms. The van der Waals surface area contributed by atoms with Gasteiger partial charge in [0.2, 0.25) is 0 Å². The third kappa shape index (κ3) is 10.0. The average Bonchev–Trinajstić information content (AvgIpc) is 3.70. The molecule has 11 nitrogen and oxygen atoms in total. The fourth-order valence-corrected chi connectivity index (χ4v) is 5.69. The van der Waals surface area contributed by atoms with Crippen molar-refractivity contribution in [2.45, 2.75) is 97.3 Å². The second-order valence-corrected chi connectivity index (χ2v) is 12.3. The van der Waals surface area contributed by atoms with E-state index in [-0.39, 0.29) is 23.7 Å². The van der Waals surface area contributed by atoms with Crippen molar-refractivity contribution in [1.29, 1.82) is 0 Å². The van der Waals surface area contributed by atoms with Gasteiger partial charge >= 0.3 is 12.1 Å². The molecule has 1 aliphatic carbocycles. The molecule has 2 atom stereocenters. The van der Waals surface area contributed by atoms with E-state index in [0.717, 1.165) is 44.2 Å². The maximum absolute atomic E-state index is 13.2. The molecular weight excluding hydrogens is 544 g/mol. The van der Waals surface area contributed by atoms with E-state index in [4.69, 9.17) is 4.74 Å². The summed E-state index contributed by atoms with van der Waals surface area (Å²) in [4.78, 5) is 58.5. The second kappa shape index (κ2) is 15.8. The van der Waals surface area contributed by atoms with Crippen LogP contribution in [-0.2, 0) is 27.4 Å². The van der Waals surface area contributed by atoms with Gasteiger partial charge in [0.25, 0.3) is 5.91 Å². The topological polar surface area (TPSA) is 133 Å². The fraction of sp³-hybridized carbons (Fsp3) is 0.621. The summed E-state index contributed by atoms with van der Waals surface area (Å²) in [6.07, 6.45) is 7.23. The van der Waals surface area contributed by atoms with Crippen LogP contribution in [0, 0.1) is 11.8 Å². The van der Waals surface area contributed by atoms with Crippen molar-refractivity contribution in [2.24, 2.45) is 11.8 Å². The number of carbonyl (C=O) groups is 4. The molecule has 0 aromatic carbocycles. The maximum atomic E-state index is 13.2. The van der Waals surface area contributed by atoms with Crippen LogP contribution in [0.15, 0.2) is 29.4 Å². The lowest BCUT2D eigenvalue weighted by atomic mass is 10.0. The number of hydrogen-bond donors (Lipinski definition) is 3. The average molecular weight is 589 g/mol. The van der Waals surface area contributed by atoms with Crippen molar-refractivity contribution in [3.63, 3.8) is 0 Å². The third-order valence-corrected chi connectivity index (χ3v) is 7.79. The molecule has 1 aromatic rings. The Balaban J connectivity index is 1.56. The van der Waals surface area contributed by atoms with Crippen LogP contribution in [-0.4, -0.2) is 63.2 Å². The number of nitrogens with one attached hydrogen (secondary N) is 3. The minimum Gasteiger partial charge on any atom is -0.443 e. The lowest BCUT2D eigenvalue weighted by Crippen LogP contribution is -2.58. The Morgan fingerprint density at radius 2 is 1.93 bits per heavy atom. The van der Waals surface area contributed by atoms with E-state index < -0.39 is 24.1 Å². The number of aromatic nitrogens is 1. The van der Waals surface area contributed by atoms with Gasteiger partial charge in [0, 0.05) is 24.2 Å². The highest BCUT2D eigenvalue weighted by atomic mass is 32.2. The van der Waals surface area contributed by atoms with E-state index in [2.05, 4.69) is 46.8 Å². The number of carbonyl (C=O) groups excluding carboxylic acids is 4. The number of hydrazine groups is 1. The molecule has 3 rings (SSSR count). The van der Waals surface area contributed by atoms with Gasteiger partial charge in [0.05, 0.1) is 11.4 Å². The number of unbranched alkanes of at least 4 members (excludes halogenated alkanes) is 1. The predicted molar refractivity (Wildman–Crippen MR) is 158 cm³/mol. The molecule has 1 aromatic heterocycles.